The predicted molar refractivity (Wildman–Crippen MR) is 87.6 cm³/mol. The molecule has 3 rings (SSSR count). The van der Waals surface area contributed by atoms with Gasteiger partial charge in [0.15, 0.2) is 0 Å². The van der Waals surface area contributed by atoms with Crippen LogP contribution in [0.2, 0.25) is 0 Å². The quantitative estimate of drug-likeness (QED) is 0.825. The molecule has 1 aromatic rings. The molecular weight excluding hydrogens is 316 g/mol. The van der Waals surface area contributed by atoms with Crippen molar-refractivity contribution in [2.45, 2.75) is 44.8 Å². The summed E-state index contributed by atoms with van der Waals surface area (Å²) in [6.45, 7) is 5.63. The average Bonchev–Trinajstić information content (AvgIpc) is 3.04. The van der Waals surface area contributed by atoms with Crippen LogP contribution in [0.1, 0.15) is 37.9 Å². The average molecular weight is 342 g/mol. The lowest BCUT2D eigenvalue weighted by molar-refractivity contribution is 0.0159. The highest BCUT2D eigenvalue weighted by atomic mass is 32.2. The summed E-state index contributed by atoms with van der Waals surface area (Å²) in [4.78, 5) is 2.51. The molecule has 8 heteroatoms. The Morgan fingerprint density at radius 2 is 2.17 bits per heavy atom. The molecule has 1 atom stereocenters. The molecule has 130 valence electrons. The minimum Gasteiger partial charge on any atom is -0.381 e. The van der Waals surface area contributed by atoms with E-state index in [0.29, 0.717) is 12.6 Å². The van der Waals surface area contributed by atoms with Crippen LogP contribution in [-0.4, -0.2) is 61.2 Å². The van der Waals surface area contributed by atoms with E-state index in [0.717, 1.165) is 45.6 Å². The minimum atomic E-state index is -3.13. The van der Waals surface area contributed by atoms with E-state index in [1.165, 1.54) is 5.69 Å². The number of nitrogens with one attached hydrogen (secondary N) is 1. The van der Waals surface area contributed by atoms with Crippen molar-refractivity contribution >= 4 is 10.0 Å². The molecule has 1 aromatic heterocycles. The van der Waals surface area contributed by atoms with Crippen LogP contribution < -0.4 is 4.72 Å². The molecule has 2 aliphatic rings. The Morgan fingerprint density at radius 1 is 1.39 bits per heavy atom. The summed E-state index contributed by atoms with van der Waals surface area (Å²) in [5.41, 5.74) is 1.21. The van der Waals surface area contributed by atoms with E-state index in [1.807, 2.05) is 6.20 Å². The van der Waals surface area contributed by atoms with Crippen LogP contribution in [0.5, 0.6) is 0 Å². The largest absolute Gasteiger partial charge is 0.381 e. The third-order valence-electron chi connectivity index (χ3n) is 4.80. The summed E-state index contributed by atoms with van der Waals surface area (Å²) >= 11 is 0. The second-order valence-electron chi connectivity index (χ2n) is 6.28. The molecule has 0 unspecified atom stereocenters. The zero-order valence-electron chi connectivity index (χ0n) is 13.6. The van der Waals surface area contributed by atoms with Crippen molar-refractivity contribution in [1.82, 2.24) is 19.4 Å². The fraction of sp³-hybridized carbons (Fsp3) is 0.800. The van der Waals surface area contributed by atoms with Gasteiger partial charge in [0.2, 0.25) is 10.0 Å². The van der Waals surface area contributed by atoms with Crippen LogP contribution >= 0.6 is 0 Å². The Bertz CT molecular complexity index is 610. The van der Waals surface area contributed by atoms with Crippen molar-refractivity contribution in [3.8, 4) is 0 Å². The van der Waals surface area contributed by atoms with Gasteiger partial charge in [-0.15, -0.1) is 0 Å². The summed E-state index contributed by atoms with van der Waals surface area (Å²) in [6, 6.07) is 2.84. The van der Waals surface area contributed by atoms with E-state index in [2.05, 4.69) is 25.5 Å². The second-order valence-corrected chi connectivity index (χ2v) is 8.38. The number of rotatable bonds is 6. The summed E-state index contributed by atoms with van der Waals surface area (Å²) in [6.07, 6.45) is 4.74. The molecule has 3 heterocycles. The Labute approximate surface area is 138 Å². The molecule has 0 amide bonds. The van der Waals surface area contributed by atoms with Gasteiger partial charge in [-0.2, -0.15) is 5.10 Å². The number of fused-ring (bicyclic) bond motifs is 1. The van der Waals surface area contributed by atoms with Gasteiger partial charge < -0.3 is 4.74 Å². The van der Waals surface area contributed by atoms with Gasteiger partial charge in [-0.3, -0.25) is 9.58 Å². The van der Waals surface area contributed by atoms with Gasteiger partial charge >= 0.3 is 0 Å². The van der Waals surface area contributed by atoms with Gasteiger partial charge in [-0.25, -0.2) is 13.1 Å². The van der Waals surface area contributed by atoms with E-state index in [-0.39, 0.29) is 11.8 Å². The van der Waals surface area contributed by atoms with Crippen molar-refractivity contribution in [3.63, 3.8) is 0 Å². The molecule has 1 fully saturated rings. The van der Waals surface area contributed by atoms with Crippen LogP contribution in [0.4, 0.5) is 0 Å². The number of sulfonamides is 1. The Balaban J connectivity index is 1.64. The Kier molecular flexibility index (Phi) is 5.35. The number of nitrogens with zero attached hydrogens (tertiary/aromatic N) is 3. The maximum absolute atomic E-state index is 11.6. The zero-order chi connectivity index (χ0) is 16.3. The maximum Gasteiger partial charge on any atom is 0.211 e. The highest BCUT2D eigenvalue weighted by molar-refractivity contribution is 7.89. The predicted octanol–water partition coefficient (Wildman–Crippen LogP) is 0.748. The minimum absolute atomic E-state index is 0.124. The SMILES string of the molecule is CCS(=O)(=O)NCC[C@H]1CN(C2CCOCC2)Cc2ccnn21. The maximum atomic E-state index is 11.6. The van der Waals surface area contributed by atoms with Crippen molar-refractivity contribution in [3.05, 3.63) is 18.0 Å². The van der Waals surface area contributed by atoms with E-state index in [1.54, 1.807) is 6.92 Å². The van der Waals surface area contributed by atoms with E-state index < -0.39 is 10.0 Å². The number of aromatic nitrogens is 2. The smallest absolute Gasteiger partial charge is 0.211 e. The third-order valence-corrected chi connectivity index (χ3v) is 6.20. The summed E-state index contributed by atoms with van der Waals surface area (Å²) in [5, 5.41) is 4.44. The van der Waals surface area contributed by atoms with Crippen LogP contribution in [0.25, 0.3) is 0 Å². The van der Waals surface area contributed by atoms with Gasteiger partial charge in [-0.1, -0.05) is 0 Å². The monoisotopic (exact) mass is 342 g/mol. The molecule has 0 spiro atoms. The van der Waals surface area contributed by atoms with Crippen LogP contribution in [0.15, 0.2) is 12.3 Å². The normalized spacial score (nSPS) is 23.8. The Hall–Kier alpha value is -0.960. The van der Waals surface area contributed by atoms with Crippen molar-refractivity contribution in [2.75, 3.05) is 32.1 Å². The van der Waals surface area contributed by atoms with E-state index >= 15 is 0 Å². The van der Waals surface area contributed by atoms with Crippen LogP contribution in [-0.2, 0) is 21.3 Å². The van der Waals surface area contributed by atoms with Gasteiger partial charge in [0.25, 0.3) is 0 Å². The topological polar surface area (TPSA) is 76.5 Å². The molecule has 0 aromatic carbocycles. The van der Waals surface area contributed by atoms with Gasteiger partial charge in [0.1, 0.15) is 0 Å². The Morgan fingerprint density at radius 3 is 2.91 bits per heavy atom. The van der Waals surface area contributed by atoms with Crippen molar-refractivity contribution in [1.29, 1.82) is 0 Å². The van der Waals surface area contributed by atoms with Gasteiger partial charge in [0.05, 0.1) is 17.5 Å². The van der Waals surface area contributed by atoms with E-state index in [4.69, 9.17) is 4.74 Å². The number of hydrogen-bond donors (Lipinski definition) is 1. The molecule has 0 aliphatic carbocycles. The molecule has 0 saturated carbocycles. The first-order chi connectivity index (χ1) is 11.1. The molecule has 23 heavy (non-hydrogen) atoms. The first kappa shape index (κ1) is 16.9. The molecule has 2 aliphatic heterocycles. The van der Waals surface area contributed by atoms with Crippen LogP contribution in [0, 0.1) is 0 Å². The third kappa shape index (κ3) is 4.12. The first-order valence-corrected chi connectivity index (χ1v) is 10.1. The number of hydrogen-bond acceptors (Lipinski definition) is 5. The zero-order valence-corrected chi connectivity index (χ0v) is 14.5. The highest BCUT2D eigenvalue weighted by Gasteiger charge is 2.30. The van der Waals surface area contributed by atoms with E-state index in [9.17, 15) is 8.42 Å². The molecule has 1 N–H and O–H groups in total. The molecule has 7 nitrogen and oxygen atoms in total. The fourth-order valence-electron chi connectivity index (χ4n) is 3.44. The molecule has 0 bridgehead atoms. The van der Waals surface area contributed by atoms with Crippen LogP contribution in [0.3, 0.4) is 0 Å². The summed E-state index contributed by atoms with van der Waals surface area (Å²) in [7, 11) is -3.13. The van der Waals surface area contributed by atoms with Gasteiger partial charge in [0, 0.05) is 45.1 Å². The van der Waals surface area contributed by atoms with Crippen molar-refractivity contribution in [2.24, 2.45) is 0 Å². The molecular formula is C15H26N4O3S. The lowest BCUT2D eigenvalue weighted by Gasteiger charge is -2.40. The first-order valence-electron chi connectivity index (χ1n) is 8.40. The fourth-order valence-corrected chi connectivity index (χ4v) is 4.07. The lowest BCUT2D eigenvalue weighted by atomic mass is 10.0. The molecule has 0 radical (unpaired) electrons. The summed E-state index contributed by atoms with van der Waals surface area (Å²) in [5.74, 6) is 0.124. The van der Waals surface area contributed by atoms with Gasteiger partial charge in [-0.05, 0) is 32.3 Å². The number of ether oxygens (including phenoxy) is 1. The second kappa shape index (κ2) is 7.29. The molecule has 1 saturated heterocycles. The highest BCUT2D eigenvalue weighted by Crippen LogP contribution is 2.27. The van der Waals surface area contributed by atoms with Crippen molar-refractivity contribution < 1.29 is 13.2 Å². The lowest BCUT2D eigenvalue weighted by Crippen LogP contribution is -2.46. The standard InChI is InChI=1S/C15H26N4O3S/c1-2-23(20,21)17-8-4-15-12-18(13-5-9-22-10-6-13)11-14-3-7-16-19(14)15/h3,7,13,15,17H,2,4-6,8-12H2,1H3/t15-/m0/s1. The summed E-state index contributed by atoms with van der Waals surface area (Å²) < 4.78 is 33.4.